The summed E-state index contributed by atoms with van der Waals surface area (Å²) < 4.78 is 5.23. The van der Waals surface area contributed by atoms with Crippen LogP contribution in [-0.2, 0) is 4.74 Å². The summed E-state index contributed by atoms with van der Waals surface area (Å²) in [5.74, 6) is 0. The minimum Gasteiger partial charge on any atom is -0.444 e. The van der Waals surface area contributed by atoms with E-state index >= 15 is 0 Å². The molecule has 0 spiro atoms. The molecule has 1 fully saturated rings. The summed E-state index contributed by atoms with van der Waals surface area (Å²) >= 11 is 0. The average Bonchev–Trinajstić information content (AvgIpc) is 1.99. The fraction of sp³-hybridized carbons (Fsp3) is 0.909. The number of carbonyl (C=O) groups is 1. The number of ether oxygens (including phenoxy) is 1. The summed E-state index contributed by atoms with van der Waals surface area (Å²) in [6.45, 7) is 9.50. The van der Waals surface area contributed by atoms with Crippen LogP contribution < -0.4 is 10.6 Å². The van der Waals surface area contributed by atoms with Gasteiger partial charge in [-0.05, 0) is 47.1 Å². The SMILES string of the molecule is CC(C)(C)OC(=O)N[C@@]1(C)CCCNC1. The highest BCUT2D eigenvalue weighted by Gasteiger charge is 2.30. The molecule has 1 aliphatic heterocycles. The third kappa shape index (κ3) is 4.51. The minimum absolute atomic E-state index is 0.166. The van der Waals surface area contributed by atoms with Gasteiger partial charge in [-0.2, -0.15) is 0 Å². The molecule has 1 rings (SSSR count). The van der Waals surface area contributed by atoms with Gasteiger partial charge >= 0.3 is 6.09 Å². The van der Waals surface area contributed by atoms with E-state index < -0.39 is 5.60 Å². The number of amides is 1. The molecule has 1 saturated heterocycles. The van der Waals surface area contributed by atoms with Crippen molar-refractivity contribution in [3.8, 4) is 0 Å². The standard InChI is InChI=1S/C11H22N2O2/c1-10(2,3)15-9(14)13-11(4)6-5-7-12-8-11/h12H,5-8H2,1-4H3,(H,13,14)/t11-/m0/s1. The molecule has 1 amide bonds. The molecule has 4 heteroatoms. The van der Waals surface area contributed by atoms with Gasteiger partial charge < -0.3 is 15.4 Å². The normalized spacial score (nSPS) is 27.2. The monoisotopic (exact) mass is 214 g/mol. The highest BCUT2D eigenvalue weighted by Crippen LogP contribution is 2.16. The van der Waals surface area contributed by atoms with Crippen molar-refractivity contribution in [3.63, 3.8) is 0 Å². The highest BCUT2D eigenvalue weighted by atomic mass is 16.6. The molecule has 2 N–H and O–H groups in total. The van der Waals surface area contributed by atoms with Crippen molar-refractivity contribution in [1.82, 2.24) is 10.6 Å². The van der Waals surface area contributed by atoms with Gasteiger partial charge in [0.05, 0.1) is 5.54 Å². The van der Waals surface area contributed by atoms with Crippen LogP contribution >= 0.6 is 0 Å². The molecule has 0 aromatic heterocycles. The molecule has 1 atom stereocenters. The lowest BCUT2D eigenvalue weighted by molar-refractivity contribution is 0.0448. The van der Waals surface area contributed by atoms with Gasteiger partial charge in [-0.15, -0.1) is 0 Å². The van der Waals surface area contributed by atoms with Crippen LogP contribution in [0.5, 0.6) is 0 Å². The van der Waals surface area contributed by atoms with Gasteiger partial charge in [0, 0.05) is 6.54 Å². The molecular formula is C11H22N2O2. The lowest BCUT2D eigenvalue weighted by Crippen LogP contribution is -2.56. The van der Waals surface area contributed by atoms with E-state index in [1.807, 2.05) is 27.7 Å². The predicted octanol–water partition coefficient (Wildman–Crippen LogP) is 1.65. The van der Waals surface area contributed by atoms with Crippen LogP contribution in [0.15, 0.2) is 0 Å². The lowest BCUT2D eigenvalue weighted by Gasteiger charge is -2.35. The number of hydrogen-bond acceptors (Lipinski definition) is 3. The molecule has 0 radical (unpaired) electrons. The van der Waals surface area contributed by atoms with Crippen molar-refractivity contribution >= 4 is 6.09 Å². The van der Waals surface area contributed by atoms with Crippen LogP contribution in [0.1, 0.15) is 40.5 Å². The fourth-order valence-corrected chi connectivity index (χ4v) is 1.71. The van der Waals surface area contributed by atoms with Crippen molar-refractivity contribution in [2.24, 2.45) is 0 Å². The first-order valence-corrected chi connectivity index (χ1v) is 5.53. The maximum atomic E-state index is 11.6. The zero-order chi connectivity index (χ0) is 11.5. The molecule has 0 aromatic carbocycles. The summed E-state index contributed by atoms with van der Waals surface area (Å²) in [4.78, 5) is 11.6. The minimum atomic E-state index is -0.428. The van der Waals surface area contributed by atoms with Crippen LogP contribution in [0.3, 0.4) is 0 Å². The van der Waals surface area contributed by atoms with Crippen LogP contribution in [0.4, 0.5) is 4.79 Å². The zero-order valence-electron chi connectivity index (χ0n) is 10.1. The van der Waals surface area contributed by atoms with E-state index in [0.717, 1.165) is 25.9 Å². The number of rotatable bonds is 1. The zero-order valence-corrected chi connectivity index (χ0v) is 10.1. The Balaban J connectivity index is 2.42. The molecule has 15 heavy (non-hydrogen) atoms. The second kappa shape index (κ2) is 4.39. The second-order valence-corrected chi connectivity index (χ2v) is 5.47. The largest absolute Gasteiger partial charge is 0.444 e. The Morgan fingerprint density at radius 1 is 1.47 bits per heavy atom. The van der Waals surface area contributed by atoms with Gasteiger partial charge in [-0.3, -0.25) is 0 Å². The number of nitrogens with one attached hydrogen (secondary N) is 2. The Bertz CT molecular complexity index is 227. The van der Waals surface area contributed by atoms with Gasteiger partial charge in [0.2, 0.25) is 0 Å². The maximum Gasteiger partial charge on any atom is 0.408 e. The van der Waals surface area contributed by atoms with E-state index in [-0.39, 0.29) is 11.6 Å². The summed E-state index contributed by atoms with van der Waals surface area (Å²) in [7, 11) is 0. The van der Waals surface area contributed by atoms with Crippen LogP contribution in [0.25, 0.3) is 0 Å². The van der Waals surface area contributed by atoms with Gasteiger partial charge in [0.15, 0.2) is 0 Å². The Morgan fingerprint density at radius 2 is 2.13 bits per heavy atom. The first-order valence-electron chi connectivity index (χ1n) is 5.53. The summed E-state index contributed by atoms with van der Waals surface area (Å²) in [6.07, 6.45) is 1.76. The van der Waals surface area contributed by atoms with Crippen molar-refractivity contribution in [2.45, 2.75) is 51.7 Å². The molecule has 0 aromatic rings. The van der Waals surface area contributed by atoms with Crippen LogP contribution in [0, 0.1) is 0 Å². The molecule has 1 heterocycles. The van der Waals surface area contributed by atoms with Gasteiger partial charge in [-0.1, -0.05) is 0 Å². The van der Waals surface area contributed by atoms with E-state index in [2.05, 4.69) is 10.6 Å². The number of carbonyl (C=O) groups excluding carboxylic acids is 1. The molecule has 0 bridgehead atoms. The topological polar surface area (TPSA) is 50.4 Å². The molecule has 4 nitrogen and oxygen atoms in total. The van der Waals surface area contributed by atoms with Crippen molar-refractivity contribution < 1.29 is 9.53 Å². The fourth-order valence-electron chi connectivity index (χ4n) is 1.71. The lowest BCUT2D eigenvalue weighted by atomic mass is 9.93. The molecule has 0 aliphatic carbocycles. The van der Waals surface area contributed by atoms with Crippen molar-refractivity contribution in [3.05, 3.63) is 0 Å². The van der Waals surface area contributed by atoms with E-state index in [1.54, 1.807) is 0 Å². The highest BCUT2D eigenvalue weighted by molar-refractivity contribution is 5.68. The van der Waals surface area contributed by atoms with Gasteiger partial charge in [-0.25, -0.2) is 4.79 Å². The summed E-state index contributed by atoms with van der Waals surface area (Å²) in [5, 5.41) is 6.20. The molecule has 1 aliphatic rings. The van der Waals surface area contributed by atoms with E-state index in [9.17, 15) is 4.79 Å². The van der Waals surface area contributed by atoms with E-state index in [4.69, 9.17) is 4.74 Å². The average molecular weight is 214 g/mol. The third-order valence-corrected chi connectivity index (χ3v) is 2.40. The van der Waals surface area contributed by atoms with Crippen LogP contribution in [-0.4, -0.2) is 30.3 Å². The summed E-state index contributed by atoms with van der Waals surface area (Å²) in [5.41, 5.74) is -0.594. The first-order chi connectivity index (χ1) is 6.81. The molecule has 0 unspecified atom stereocenters. The predicted molar refractivity (Wildman–Crippen MR) is 59.9 cm³/mol. The van der Waals surface area contributed by atoms with E-state index in [1.165, 1.54) is 0 Å². The molecule has 0 saturated carbocycles. The maximum absolute atomic E-state index is 11.6. The number of alkyl carbamates (subject to hydrolysis) is 1. The second-order valence-electron chi connectivity index (χ2n) is 5.47. The Morgan fingerprint density at radius 3 is 2.60 bits per heavy atom. The summed E-state index contributed by atoms with van der Waals surface area (Å²) in [6, 6.07) is 0. The van der Waals surface area contributed by atoms with Gasteiger partial charge in [0.25, 0.3) is 0 Å². The molecule has 88 valence electrons. The van der Waals surface area contributed by atoms with Gasteiger partial charge in [0.1, 0.15) is 5.60 Å². The Kier molecular flexibility index (Phi) is 3.60. The van der Waals surface area contributed by atoms with Crippen molar-refractivity contribution in [2.75, 3.05) is 13.1 Å². The van der Waals surface area contributed by atoms with Crippen LogP contribution in [0.2, 0.25) is 0 Å². The third-order valence-electron chi connectivity index (χ3n) is 2.40. The molecular weight excluding hydrogens is 192 g/mol. The smallest absolute Gasteiger partial charge is 0.408 e. The Labute approximate surface area is 91.8 Å². The first kappa shape index (κ1) is 12.3. The van der Waals surface area contributed by atoms with Crippen molar-refractivity contribution in [1.29, 1.82) is 0 Å². The Hall–Kier alpha value is -0.770. The number of piperidine rings is 1. The van der Waals surface area contributed by atoms with E-state index in [0.29, 0.717) is 0 Å². The quantitative estimate of drug-likeness (QED) is 0.698. The number of hydrogen-bond donors (Lipinski definition) is 2.